The molecule has 1 aliphatic rings. The molecule has 2 aromatic rings. The van der Waals surface area contributed by atoms with Gasteiger partial charge in [0.1, 0.15) is 0 Å². The minimum Gasteiger partial charge on any atom is -0.355 e. The Morgan fingerprint density at radius 1 is 1.28 bits per heavy atom. The molecule has 0 bridgehead atoms. The fourth-order valence-corrected chi connectivity index (χ4v) is 3.38. The van der Waals surface area contributed by atoms with Gasteiger partial charge < -0.3 is 10.6 Å². The van der Waals surface area contributed by atoms with Gasteiger partial charge in [-0.2, -0.15) is 5.10 Å². The number of benzene rings is 1. The van der Waals surface area contributed by atoms with E-state index in [2.05, 4.69) is 52.8 Å². The van der Waals surface area contributed by atoms with Crippen LogP contribution < -0.4 is 10.6 Å². The molecule has 2 N–H and O–H groups in total. The Balaban J connectivity index is 1.54. The van der Waals surface area contributed by atoms with Gasteiger partial charge in [0.25, 0.3) is 0 Å². The van der Waals surface area contributed by atoms with Crippen LogP contribution in [0.5, 0.6) is 0 Å². The Hall–Kier alpha value is -2.30. The maximum Gasteiger partial charge on any atom is 0.191 e. The number of hydrogen-bond acceptors (Lipinski definition) is 2. The number of rotatable bonds is 5. The summed E-state index contributed by atoms with van der Waals surface area (Å²) in [6, 6.07) is 7.15. The summed E-state index contributed by atoms with van der Waals surface area (Å²) in [5, 5.41) is 11.2. The van der Waals surface area contributed by atoms with Gasteiger partial charge in [-0.1, -0.05) is 18.2 Å². The molecule has 0 saturated carbocycles. The monoisotopic (exact) mass is 339 g/mol. The lowest BCUT2D eigenvalue weighted by atomic mass is 9.89. The highest BCUT2D eigenvalue weighted by molar-refractivity contribution is 5.80. The molecule has 0 spiro atoms. The molecule has 1 aliphatic carbocycles. The Morgan fingerprint density at radius 3 is 2.80 bits per heavy atom. The average Bonchev–Trinajstić information content (AvgIpc) is 3.05. The first-order valence-electron chi connectivity index (χ1n) is 9.23. The van der Waals surface area contributed by atoms with Gasteiger partial charge in [0.15, 0.2) is 5.96 Å². The van der Waals surface area contributed by atoms with Crippen LogP contribution in [0.4, 0.5) is 0 Å². The molecule has 5 heteroatoms. The molecule has 25 heavy (non-hydrogen) atoms. The number of guanidine groups is 1. The molecule has 3 rings (SSSR count). The Labute approximate surface area is 150 Å². The molecule has 0 aliphatic heterocycles. The maximum absolute atomic E-state index is 4.34. The van der Waals surface area contributed by atoms with Gasteiger partial charge in [0, 0.05) is 19.8 Å². The van der Waals surface area contributed by atoms with Gasteiger partial charge in [-0.05, 0) is 61.8 Å². The lowest BCUT2D eigenvalue weighted by Crippen LogP contribution is -2.40. The molecule has 0 amide bonds. The Kier molecular flexibility index (Phi) is 5.74. The van der Waals surface area contributed by atoms with Crippen LogP contribution in [0, 0.1) is 6.92 Å². The van der Waals surface area contributed by atoms with E-state index in [-0.39, 0.29) is 6.04 Å². The van der Waals surface area contributed by atoms with Crippen molar-refractivity contribution in [3.05, 3.63) is 52.8 Å². The largest absolute Gasteiger partial charge is 0.355 e. The first-order chi connectivity index (χ1) is 12.2. The van der Waals surface area contributed by atoms with Crippen LogP contribution in [-0.2, 0) is 19.4 Å². The number of aromatic nitrogens is 2. The maximum atomic E-state index is 4.34. The summed E-state index contributed by atoms with van der Waals surface area (Å²) in [6.07, 6.45) is 9.01. The minimum atomic E-state index is 0.227. The molecule has 1 heterocycles. The second kappa shape index (κ2) is 8.19. The summed E-state index contributed by atoms with van der Waals surface area (Å²) in [7, 11) is 1.81. The molecule has 0 radical (unpaired) electrons. The van der Waals surface area contributed by atoms with Gasteiger partial charge in [0.2, 0.25) is 0 Å². The van der Waals surface area contributed by atoms with E-state index in [4.69, 9.17) is 0 Å². The SMILES string of the molecule is CN=C(NCCn1cc(C)cn1)NC(C)c1ccc2c(c1)CCCC2. The van der Waals surface area contributed by atoms with E-state index < -0.39 is 0 Å². The van der Waals surface area contributed by atoms with Crippen molar-refractivity contribution >= 4 is 5.96 Å². The summed E-state index contributed by atoms with van der Waals surface area (Å²) in [5.74, 6) is 0.828. The quantitative estimate of drug-likeness (QED) is 0.650. The number of aryl methyl sites for hydroxylation is 3. The molecule has 5 nitrogen and oxygen atoms in total. The van der Waals surface area contributed by atoms with Crippen LogP contribution in [0.15, 0.2) is 35.6 Å². The second-order valence-electron chi connectivity index (χ2n) is 6.88. The molecule has 134 valence electrons. The standard InChI is InChI=1S/C20H29N5/c1-15-13-23-25(14-15)11-10-22-20(21-3)24-16(2)18-9-8-17-6-4-5-7-19(17)12-18/h8-9,12-14,16H,4-7,10-11H2,1-3H3,(H2,21,22,24). The van der Waals surface area contributed by atoms with Crippen LogP contribution in [-0.4, -0.2) is 29.3 Å². The van der Waals surface area contributed by atoms with Crippen molar-refractivity contribution in [2.24, 2.45) is 4.99 Å². The van der Waals surface area contributed by atoms with Crippen LogP contribution in [0.2, 0.25) is 0 Å². The normalized spacial score (nSPS) is 15.6. The van der Waals surface area contributed by atoms with Crippen LogP contribution in [0.25, 0.3) is 0 Å². The van der Waals surface area contributed by atoms with E-state index in [1.165, 1.54) is 47.9 Å². The molecule has 0 fully saturated rings. The Bertz CT molecular complexity index is 731. The number of fused-ring (bicyclic) bond motifs is 1. The number of nitrogens with zero attached hydrogens (tertiary/aromatic N) is 3. The zero-order valence-corrected chi connectivity index (χ0v) is 15.5. The molecule has 1 unspecified atom stereocenters. The number of aliphatic imine (C=N–C) groups is 1. The van der Waals surface area contributed by atoms with Gasteiger partial charge >= 0.3 is 0 Å². The highest BCUT2D eigenvalue weighted by atomic mass is 15.3. The summed E-state index contributed by atoms with van der Waals surface area (Å²) < 4.78 is 1.95. The van der Waals surface area contributed by atoms with Crippen molar-refractivity contribution in [2.75, 3.05) is 13.6 Å². The average molecular weight is 339 g/mol. The molecule has 1 aromatic carbocycles. The third-order valence-corrected chi connectivity index (χ3v) is 4.85. The summed E-state index contributed by atoms with van der Waals surface area (Å²) in [5.41, 5.74) is 5.56. The molecule has 1 atom stereocenters. The first-order valence-corrected chi connectivity index (χ1v) is 9.23. The van der Waals surface area contributed by atoms with Gasteiger partial charge in [0.05, 0.1) is 18.8 Å². The minimum absolute atomic E-state index is 0.227. The lowest BCUT2D eigenvalue weighted by molar-refractivity contribution is 0.590. The predicted molar refractivity (Wildman–Crippen MR) is 103 cm³/mol. The highest BCUT2D eigenvalue weighted by Crippen LogP contribution is 2.24. The number of hydrogen-bond donors (Lipinski definition) is 2. The van der Waals surface area contributed by atoms with Gasteiger partial charge in [-0.3, -0.25) is 9.67 Å². The third-order valence-electron chi connectivity index (χ3n) is 4.85. The molecular formula is C20H29N5. The van der Waals surface area contributed by atoms with Crippen LogP contribution in [0.3, 0.4) is 0 Å². The van der Waals surface area contributed by atoms with Crippen molar-refractivity contribution < 1.29 is 0 Å². The highest BCUT2D eigenvalue weighted by Gasteiger charge is 2.13. The van der Waals surface area contributed by atoms with E-state index in [0.717, 1.165) is 19.0 Å². The van der Waals surface area contributed by atoms with E-state index >= 15 is 0 Å². The van der Waals surface area contributed by atoms with Crippen molar-refractivity contribution in [3.8, 4) is 0 Å². The predicted octanol–water partition coefficient (Wildman–Crippen LogP) is 3.00. The van der Waals surface area contributed by atoms with E-state index in [1.54, 1.807) is 0 Å². The fraction of sp³-hybridized carbons (Fsp3) is 0.500. The van der Waals surface area contributed by atoms with E-state index in [1.807, 2.05) is 24.1 Å². The number of nitrogens with one attached hydrogen (secondary N) is 2. The summed E-state index contributed by atoms with van der Waals surface area (Å²) in [6.45, 7) is 5.85. The van der Waals surface area contributed by atoms with Gasteiger partial charge in [-0.25, -0.2) is 0 Å². The van der Waals surface area contributed by atoms with Gasteiger partial charge in [-0.15, -0.1) is 0 Å². The fourth-order valence-electron chi connectivity index (χ4n) is 3.38. The van der Waals surface area contributed by atoms with Crippen molar-refractivity contribution in [1.82, 2.24) is 20.4 Å². The van der Waals surface area contributed by atoms with E-state index in [9.17, 15) is 0 Å². The van der Waals surface area contributed by atoms with Crippen molar-refractivity contribution in [3.63, 3.8) is 0 Å². The smallest absolute Gasteiger partial charge is 0.191 e. The van der Waals surface area contributed by atoms with E-state index in [0.29, 0.717) is 0 Å². The van der Waals surface area contributed by atoms with Crippen LogP contribution >= 0.6 is 0 Å². The lowest BCUT2D eigenvalue weighted by Gasteiger charge is -2.21. The topological polar surface area (TPSA) is 54.2 Å². The Morgan fingerprint density at radius 2 is 2.08 bits per heavy atom. The van der Waals surface area contributed by atoms with Crippen LogP contribution in [0.1, 0.15) is 48.1 Å². The second-order valence-corrected chi connectivity index (χ2v) is 6.88. The summed E-state index contributed by atoms with van der Waals surface area (Å²) >= 11 is 0. The molecule has 0 saturated heterocycles. The van der Waals surface area contributed by atoms with Crippen molar-refractivity contribution in [1.29, 1.82) is 0 Å². The summed E-state index contributed by atoms with van der Waals surface area (Å²) in [4.78, 5) is 4.34. The zero-order valence-electron chi connectivity index (χ0n) is 15.5. The molecule has 1 aromatic heterocycles. The van der Waals surface area contributed by atoms with Crippen molar-refractivity contribution in [2.45, 2.75) is 52.1 Å². The first kappa shape index (κ1) is 17.5. The zero-order chi connectivity index (χ0) is 17.6. The third kappa shape index (κ3) is 4.62. The molecular weight excluding hydrogens is 310 g/mol.